The number of hydrogen-bond donors (Lipinski definition) is 3. The average molecular weight is 356 g/mol. The van der Waals surface area contributed by atoms with Crippen molar-refractivity contribution in [1.82, 2.24) is 15.6 Å². The summed E-state index contributed by atoms with van der Waals surface area (Å²) in [4.78, 5) is 15.9. The summed E-state index contributed by atoms with van der Waals surface area (Å²) in [6.45, 7) is 2.06. The number of aryl methyl sites for hydroxylation is 1. The number of fused-ring (bicyclic) bond motifs is 2. The Kier molecular flexibility index (Phi) is 4.84. The number of carbonyl (C=O) groups is 1. The fourth-order valence-corrected chi connectivity index (χ4v) is 3.71. The quantitative estimate of drug-likeness (QED) is 0.673. The Morgan fingerprint density at radius 3 is 2.76 bits per heavy atom. The van der Waals surface area contributed by atoms with Gasteiger partial charge in [0.05, 0.1) is 12.1 Å². The van der Waals surface area contributed by atoms with Crippen molar-refractivity contribution < 1.29 is 4.79 Å². The molecule has 0 bridgehead atoms. The molecule has 0 saturated heterocycles. The lowest BCUT2D eigenvalue weighted by atomic mass is 10.1. The Morgan fingerprint density at radius 2 is 1.96 bits per heavy atom. The minimum atomic E-state index is -0.0538. The van der Waals surface area contributed by atoms with Gasteiger partial charge < -0.3 is 15.6 Å². The van der Waals surface area contributed by atoms with Gasteiger partial charge in [-0.25, -0.2) is 0 Å². The molecule has 2 atom stereocenters. The highest BCUT2D eigenvalue weighted by atomic mass is 35.5. The maximum absolute atomic E-state index is 12.7. The molecule has 1 amide bonds. The fraction of sp³-hybridized carbons (Fsp3) is 0.250. The third-order valence-corrected chi connectivity index (χ3v) is 4.88. The van der Waals surface area contributed by atoms with E-state index in [2.05, 4.69) is 46.8 Å². The van der Waals surface area contributed by atoms with Crippen LogP contribution in [0.2, 0.25) is 0 Å². The summed E-state index contributed by atoms with van der Waals surface area (Å²) in [5.41, 5.74) is 5.37. The summed E-state index contributed by atoms with van der Waals surface area (Å²) in [6.07, 6.45) is 0.854. The predicted octanol–water partition coefficient (Wildman–Crippen LogP) is 3.51. The normalized spacial score (nSPS) is 18.6. The van der Waals surface area contributed by atoms with Gasteiger partial charge in [-0.3, -0.25) is 4.79 Å². The second-order valence-electron chi connectivity index (χ2n) is 6.52. The van der Waals surface area contributed by atoms with Gasteiger partial charge in [0.15, 0.2) is 0 Å². The monoisotopic (exact) mass is 355 g/mol. The number of likely N-dealkylation sites (N-methyl/N-ethyl adjacent to an activating group) is 1. The third-order valence-electron chi connectivity index (χ3n) is 4.88. The first kappa shape index (κ1) is 17.5. The van der Waals surface area contributed by atoms with Crippen LogP contribution in [0.5, 0.6) is 0 Å². The van der Waals surface area contributed by atoms with Crippen LogP contribution in [-0.4, -0.2) is 24.0 Å². The van der Waals surface area contributed by atoms with Gasteiger partial charge in [0, 0.05) is 10.9 Å². The number of amides is 1. The third kappa shape index (κ3) is 3.15. The largest absolute Gasteiger partial charge is 0.351 e. The molecular weight excluding hydrogens is 334 g/mol. The SMILES string of the molecule is CN[C@H]1c2ccccc2C[C@H]1NC(=O)c1cc2cc(C)ccc2[nH]1.Cl. The predicted molar refractivity (Wildman–Crippen MR) is 103 cm³/mol. The minimum absolute atomic E-state index is 0. The molecular formula is C20H22ClN3O. The van der Waals surface area contributed by atoms with Crippen molar-refractivity contribution in [2.75, 3.05) is 7.05 Å². The van der Waals surface area contributed by atoms with Crippen molar-refractivity contribution in [3.05, 3.63) is 70.9 Å². The van der Waals surface area contributed by atoms with E-state index in [1.165, 1.54) is 16.7 Å². The summed E-state index contributed by atoms with van der Waals surface area (Å²) in [5, 5.41) is 7.59. The van der Waals surface area contributed by atoms with Gasteiger partial charge in [0.2, 0.25) is 0 Å². The van der Waals surface area contributed by atoms with Gasteiger partial charge in [-0.05, 0) is 49.7 Å². The maximum atomic E-state index is 12.7. The molecule has 25 heavy (non-hydrogen) atoms. The summed E-state index contributed by atoms with van der Waals surface area (Å²) >= 11 is 0. The van der Waals surface area contributed by atoms with Crippen LogP contribution in [0.3, 0.4) is 0 Å². The molecule has 0 unspecified atom stereocenters. The molecule has 0 radical (unpaired) electrons. The van der Waals surface area contributed by atoms with Crippen LogP contribution in [0.1, 0.15) is 33.2 Å². The van der Waals surface area contributed by atoms with Crippen molar-refractivity contribution in [3.8, 4) is 0 Å². The van der Waals surface area contributed by atoms with E-state index in [1.54, 1.807) is 0 Å². The molecule has 130 valence electrons. The molecule has 3 N–H and O–H groups in total. The average Bonchev–Trinajstić information content (AvgIpc) is 3.14. The highest BCUT2D eigenvalue weighted by molar-refractivity contribution is 5.98. The zero-order valence-electron chi connectivity index (χ0n) is 14.3. The molecule has 2 aromatic carbocycles. The Hall–Kier alpha value is -2.30. The van der Waals surface area contributed by atoms with Gasteiger partial charge in [-0.2, -0.15) is 0 Å². The summed E-state index contributed by atoms with van der Waals surface area (Å²) in [5.74, 6) is -0.0538. The van der Waals surface area contributed by atoms with E-state index in [0.29, 0.717) is 5.69 Å². The van der Waals surface area contributed by atoms with Crippen LogP contribution in [0.25, 0.3) is 10.9 Å². The molecule has 0 spiro atoms. The van der Waals surface area contributed by atoms with Crippen molar-refractivity contribution in [2.24, 2.45) is 0 Å². The molecule has 4 nitrogen and oxygen atoms in total. The second kappa shape index (κ2) is 6.90. The van der Waals surface area contributed by atoms with Crippen LogP contribution in [0.4, 0.5) is 0 Å². The Morgan fingerprint density at radius 1 is 1.16 bits per heavy atom. The van der Waals surface area contributed by atoms with E-state index in [4.69, 9.17) is 0 Å². The molecule has 4 rings (SSSR count). The Balaban J connectivity index is 0.00000182. The number of hydrogen-bond acceptors (Lipinski definition) is 2. The lowest BCUT2D eigenvalue weighted by molar-refractivity contribution is 0.0926. The molecule has 1 aliphatic rings. The van der Waals surface area contributed by atoms with Gasteiger partial charge in [0.25, 0.3) is 5.91 Å². The minimum Gasteiger partial charge on any atom is -0.351 e. The van der Waals surface area contributed by atoms with E-state index in [-0.39, 0.29) is 30.4 Å². The zero-order chi connectivity index (χ0) is 16.7. The number of carbonyl (C=O) groups excluding carboxylic acids is 1. The molecule has 5 heteroatoms. The number of nitrogens with one attached hydrogen (secondary N) is 3. The van der Waals surface area contributed by atoms with Crippen LogP contribution in [0.15, 0.2) is 48.5 Å². The summed E-state index contributed by atoms with van der Waals surface area (Å²) in [7, 11) is 1.94. The van der Waals surface area contributed by atoms with Crippen molar-refractivity contribution >= 4 is 29.2 Å². The van der Waals surface area contributed by atoms with Crippen LogP contribution < -0.4 is 10.6 Å². The topological polar surface area (TPSA) is 56.9 Å². The zero-order valence-corrected chi connectivity index (χ0v) is 15.1. The van der Waals surface area contributed by atoms with E-state index in [9.17, 15) is 4.79 Å². The van der Waals surface area contributed by atoms with E-state index in [0.717, 1.165) is 17.3 Å². The number of aromatic amines is 1. The van der Waals surface area contributed by atoms with E-state index >= 15 is 0 Å². The maximum Gasteiger partial charge on any atom is 0.268 e. The molecule has 0 fully saturated rings. The number of benzene rings is 2. The highest BCUT2D eigenvalue weighted by Crippen LogP contribution is 2.31. The fourth-order valence-electron chi connectivity index (χ4n) is 3.71. The first-order valence-corrected chi connectivity index (χ1v) is 8.31. The van der Waals surface area contributed by atoms with Crippen molar-refractivity contribution in [2.45, 2.75) is 25.4 Å². The lowest BCUT2D eigenvalue weighted by Crippen LogP contribution is -2.41. The van der Waals surface area contributed by atoms with Gasteiger partial charge >= 0.3 is 0 Å². The van der Waals surface area contributed by atoms with Crippen LogP contribution in [-0.2, 0) is 6.42 Å². The molecule has 1 aromatic heterocycles. The Bertz CT molecular complexity index is 918. The number of H-pyrrole nitrogens is 1. The summed E-state index contributed by atoms with van der Waals surface area (Å²) < 4.78 is 0. The molecule has 0 aliphatic heterocycles. The van der Waals surface area contributed by atoms with Crippen LogP contribution in [0, 0.1) is 6.92 Å². The lowest BCUT2D eigenvalue weighted by Gasteiger charge is -2.21. The smallest absolute Gasteiger partial charge is 0.268 e. The van der Waals surface area contributed by atoms with Crippen molar-refractivity contribution in [3.63, 3.8) is 0 Å². The first-order chi connectivity index (χ1) is 11.7. The van der Waals surface area contributed by atoms with E-state index < -0.39 is 0 Å². The van der Waals surface area contributed by atoms with Gasteiger partial charge in [-0.1, -0.05) is 35.9 Å². The van der Waals surface area contributed by atoms with Crippen LogP contribution >= 0.6 is 12.4 Å². The number of aromatic nitrogens is 1. The Labute approximate surface area is 153 Å². The second-order valence-corrected chi connectivity index (χ2v) is 6.52. The standard InChI is InChI=1S/C20H21N3O.ClH/c1-12-7-8-16-14(9-12)11-18(22-16)20(24)23-17-10-13-5-3-4-6-15(13)19(17)21-2;/h3-9,11,17,19,21-22H,10H2,1-2H3,(H,23,24);1H/t17-,19+;/m1./s1. The van der Waals surface area contributed by atoms with E-state index in [1.807, 2.05) is 31.3 Å². The highest BCUT2D eigenvalue weighted by Gasteiger charge is 2.32. The molecule has 0 saturated carbocycles. The molecule has 1 heterocycles. The van der Waals surface area contributed by atoms with Gasteiger partial charge in [-0.15, -0.1) is 12.4 Å². The number of rotatable bonds is 3. The first-order valence-electron chi connectivity index (χ1n) is 8.31. The van der Waals surface area contributed by atoms with Crippen molar-refractivity contribution in [1.29, 1.82) is 0 Å². The molecule has 1 aliphatic carbocycles. The summed E-state index contributed by atoms with van der Waals surface area (Å²) in [6, 6.07) is 16.7. The van der Waals surface area contributed by atoms with Gasteiger partial charge in [0.1, 0.15) is 5.69 Å². The molecule has 3 aromatic rings. The number of halogens is 1.